The van der Waals surface area contributed by atoms with Gasteiger partial charge in [0.25, 0.3) is 0 Å². The van der Waals surface area contributed by atoms with Crippen LogP contribution in [0.1, 0.15) is 24.8 Å². The summed E-state index contributed by atoms with van der Waals surface area (Å²) in [7, 11) is 0. The molecule has 1 aromatic carbocycles. The van der Waals surface area contributed by atoms with Gasteiger partial charge in [-0.2, -0.15) is 0 Å². The van der Waals surface area contributed by atoms with Crippen molar-refractivity contribution in [2.75, 3.05) is 18.5 Å². The van der Waals surface area contributed by atoms with E-state index in [0.29, 0.717) is 13.2 Å². The average Bonchev–Trinajstić information content (AvgIpc) is 2.30. The Morgan fingerprint density at radius 3 is 2.40 bits per heavy atom. The second-order valence-corrected chi connectivity index (χ2v) is 3.61. The summed E-state index contributed by atoms with van der Waals surface area (Å²) in [6.07, 6.45) is 3.07. The summed E-state index contributed by atoms with van der Waals surface area (Å²) in [5, 5.41) is 11.9. The quantitative estimate of drug-likeness (QED) is 0.598. The van der Waals surface area contributed by atoms with Crippen molar-refractivity contribution in [3.8, 4) is 0 Å². The monoisotopic (exact) mass is 208 g/mol. The van der Waals surface area contributed by atoms with Crippen LogP contribution in [0.2, 0.25) is 0 Å². The average molecular weight is 208 g/mol. The zero-order valence-corrected chi connectivity index (χ0v) is 9.08. The van der Waals surface area contributed by atoms with Gasteiger partial charge in [0.1, 0.15) is 0 Å². The van der Waals surface area contributed by atoms with Gasteiger partial charge in [-0.25, -0.2) is 0 Å². The Hall–Kier alpha value is -1.06. The van der Waals surface area contributed by atoms with Crippen LogP contribution < -0.4 is 11.1 Å². The summed E-state index contributed by atoms with van der Waals surface area (Å²) in [6, 6.07) is 8.18. The fourth-order valence-electron chi connectivity index (χ4n) is 1.40. The van der Waals surface area contributed by atoms with E-state index in [0.717, 1.165) is 37.1 Å². The first-order valence-corrected chi connectivity index (χ1v) is 5.50. The number of hydrogen-bond donors (Lipinski definition) is 3. The van der Waals surface area contributed by atoms with E-state index >= 15 is 0 Å². The molecular weight excluding hydrogens is 188 g/mol. The molecule has 0 fully saturated rings. The number of anilines is 1. The minimum Gasteiger partial charge on any atom is -0.396 e. The normalized spacial score (nSPS) is 10.3. The molecular formula is C12H20N2O. The molecule has 0 unspecified atom stereocenters. The third kappa shape index (κ3) is 4.81. The van der Waals surface area contributed by atoms with Crippen LogP contribution in [-0.2, 0) is 6.54 Å². The van der Waals surface area contributed by atoms with Crippen LogP contribution in [0.4, 0.5) is 5.69 Å². The second-order valence-electron chi connectivity index (χ2n) is 3.61. The van der Waals surface area contributed by atoms with Gasteiger partial charge in [0.2, 0.25) is 0 Å². The molecule has 0 saturated heterocycles. The summed E-state index contributed by atoms with van der Waals surface area (Å²) in [4.78, 5) is 0. The first kappa shape index (κ1) is 12.0. The number of rotatable bonds is 7. The molecule has 0 bridgehead atoms. The summed E-state index contributed by atoms with van der Waals surface area (Å²) in [6.45, 7) is 1.85. The number of aliphatic hydroxyl groups is 1. The molecule has 1 rings (SSSR count). The fraction of sp³-hybridized carbons (Fsp3) is 0.500. The molecule has 3 heteroatoms. The van der Waals surface area contributed by atoms with Crippen molar-refractivity contribution in [3.05, 3.63) is 29.8 Å². The lowest BCUT2D eigenvalue weighted by Crippen LogP contribution is -2.02. The van der Waals surface area contributed by atoms with Crippen molar-refractivity contribution >= 4 is 5.69 Å². The van der Waals surface area contributed by atoms with Crippen LogP contribution >= 0.6 is 0 Å². The van der Waals surface area contributed by atoms with E-state index < -0.39 is 0 Å². The third-order valence-electron chi connectivity index (χ3n) is 2.35. The van der Waals surface area contributed by atoms with Gasteiger partial charge in [-0.05, 0) is 37.0 Å². The van der Waals surface area contributed by atoms with Crippen LogP contribution in [0.25, 0.3) is 0 Å². The Balaban J connectivity index is 2.20. The van der Waals surface area contributed by atoms with Gasteiger partial charge in [-0.1, -0.05) is 12.1 Å². The van der Waals surface area contributed by atoms with Gasteiger partial charge in [0.15, 0.2) is 0 Å². The van der Waals surface area contributed by atoms with E-state index in [1.807, 2.05) is 24.3 Å². The van der Waals surface area contributed by atoms with Gasteiger partial charge >= 0.3 is 0 Å². The van der Waals surface area contributed by atoms with E-state index in [4.69, 9.17) is 10.8 Å². The number of aliphatic hydroxyl groups excluding tert-OH is 1. The molecule has 4 N–H and O–H groups in total. The van der Waals surface area contributed by atoms with Gasteiger partial charge in [0.05, 0.1) is 0 Å². The maximum absolute atomic E-state index is 8.61. The minimum atomic E-state index is 0.297. The van der Waals surface area contributed by atoms with E-state index in [-0.39, 0.29) is 0 Å². The van der Waals surface area contributed by atoms with E-state index in [2.05, 4.69) is 5.32 Å². The smallest absolute Gasteiger partial charge is 0.0431 e. The highest BCUT2D eigenvalue weighted by atomic mass is 16.2. The Morgan fingerprint density at radius 2 is 1.80 bits per heavy atom. The molecule has 0 aliphatic carbocycles. The molecule has 0 spiro atoms. The molecule has 0 atom stereocenters. The number of benzene rings is 1. The molecule has 0 aliphatic heterocycles. The molecule has 0 radical (unpaired) electrons. The van der Waals surface area contributed by atoms with Crippen LogP contribution in [0.3, 0.4) is 0 Å². The topological polar surface area (TPSA) is 58.3 Å². The maximum Gasteiger partial charge on any atom is 0.0431 e. The lowest BCUT2D eigenvalue weighted by molar-refractivity contribution is 0.283. The predicted octanol–water partition coefficient (Wildman–Crippen LogP) is 1.72. The van der Waals surface area contributed by atoms with Gasteiger partial charge in [0, 0.05) is 25.4 Å². The lowest BCUT2D eigenvalue weighted by atomic mass is 10.2. The fourth-order valence-corrected chi connectivity index (χ4v) is 1.40. The van der Waals surface area contributed by atoms with Crippen LogP contribution in [-0.4, -0.2) is 18.3 Å². The Labute approximate surface area is 91.3 Å². The van der Waals surface area contributed by atoms with Crippen molar-refractivity contribution < 1.29 is 5.11 Å². The Kier molecular flexibility index (Phi) is 5.81. The van der Waals surface area contributed by atoms with Crippen molar-refractivity contribution in [2.45, 2.75) is 25.8 Å². The maximum atomic E-state index is 8.61. The van der Waals surface area contributed by atoms with E-state index in [9.17, 15) is 0 Å². The number of unbranched alkanes of at least 4 members (excludes halogenated alkanes) is 2. The number of nitrogens with one attached hydrogen (secondary N) is 1. The van der Waals surface area contributed by atoms with Gasteiger partial charge in [-0.15, -0.1) is 0 Å². The van der Waals surface area contributed by atoms with Crippen molar-refractivity contribution in [2.24, 2.45) is 5.73 Å². The minimum absolute atomic E-state index is 0.297. The number of nitrogens with two attached hydrogens (primary N) is 1. The molecule has 0 aromatic heterocycles. The van der Waals surface area contributed by atoms with E-state index in [1.165, 1.54) is 0 Å². The molecule has 0 heterocycles. The molecule has 84 valence electrons. The molecule has 1 aromatic rings. The van der Waals surface area contributed by atoms with Crippen LogP contribution in [0.15, 0.2) is 24.3 Å². The van der Waals surface area contributed by atoms with E-state index in [1.54, 1.807) is 0 Å². The highest BCUT2D eigenvalue weighted by Gasteiger charge is 1.92. The highest BCUT2D eigenvalue weighted by Crippen LogP contribution is 2.09. The van der Waals surface area contributed by atoms with Gasteiger partial charge < -0.3 is 16.2 Å². The summed E-state index contributed by atoms with van der Waals surface area (Å²) >= 11 is 0. The summed E-state index contributed by atoms with van der Waals surface area (Å²) in [5.41, 5.74) is 7.80. The van der Waals surface area contributed by atoms with Crippen molar-refractivity contribution in [1.82, 2.24) is 0 Å². The molecule has 3 nitrogen and oxygen atoms in total. The first-order valence-electron chi connectivity index (χ1n) is 5.50. The molecule has 0 amide bonds. The zero-order valence-electron chi connectivity index (χ0n) is 9.08. The third-order valence-corrected chi connectivity index (χ3v) is 2.35. The highest BCUT2D eigenvalue weighted by molar-refractivity contribution is 5.44. The lowest BCUT2D eigenvalue weighted by Gasteiger charge is -2.06. The van der Waals surface area contributed by atoms with Crippen molar-refractivity contribution in [3.63, 3.8) is 0 Å². The summed E-state index contributed by atoms with van der Waals surface area (Å²) < 4.78 is 0. The zero-order chi connectivity index (χ0) is 10.9. The second kappa shape index (κ2) is 7.26. The van der Waals surface area contributed by atoms with Crippen LogP contribution in [0.5, 0.6) is 0 Å². The Bertz CT molecular complexity index is 259. The van der Waals surface area contributed by atoms with Crippen molar-refractivity contribution in [1.29, 1.82) is 0 Å². The molecule has 15 heavy (non-hydrogen) atoms. The Morgan fingerprint density at radius 1 is 1.07 bits per heavy atom. The van der Waals surface area contributed by atoms with Gasteiger partial charge in [-0.3, -0.25) is 0 Å². The SMILES string of the molecule is NCc1ccc(NCCCCCO)cc1. The largest absolute Gasteiger partial charge is 0.396 e. The predicted molar refractivity (Wildman–Crippen MR) is 63.8 cm³/mol. The molecule has 0 saturated carbocycles. The molecule has 0 aliphatic rings. The van der Waals surface area contributed by atoms with Crippen LogP contribution in [0, 0.1) is 0 Å². The first-order chi connectivity index (χ1) is 7.36. The standard InChI is InChI=1S/C12H20N2O/c13-10-11-4-6-12(7-5-11)14-8-2-1-3-9-15/h4-7,14-15H,1-3,8-10,13H2. The number of hydrogen-bond acceptors (Lipinski definition) is 3. The summed E-state index contributed by atoms with van der Waals surface area (Å²) in [5.74, 6) is 0.